The number of carbonyl (C=O) groups is 2. The number of methoxy groups -OCH3 is 1. The molecule has 0 aliphatic heterocycles. The van der Waals surface area contributed by atoms with Crippen LogP contribution < -0.4 is 15.6 Å². The molecule has 30 heavy (non-hydrogen) atoms. The Bertz CT molecular complexity index is 1090. The monoisotopic (exact) mass is 428 g/mol. The van der Waals surface area contributed by atoms with Crippen LogP contribution in [0, 0.1) is 10.1 Å². The Labute approximate surface area is 174 Å². The smallest absolute Gasteiger partial charge is 0.270 e. The molecule has 0 atom stereocenters. The van der Waals surface area contributed by atoms with Crippen molar-refractivity contribution in [1.29, 1.82) is 0 Å². The maximum Gasteiger partial charge on any atom is 0.270 e. The van der Waals surface area contributed by atoms with Crippen molar-refractivity contribution in [3.63, 3.8) is 0 Å². The van der Waals surface area contributed by atoms with E-state index < -0.39 is 16.7 Å². The van der Waals surface area contributed by atoms with Gasteiger partial charge in [-0.15, -0.1) is 10.2 Å². The lowest BCUT2D eigenvalue weighted by molar-refractivity contribution is -0.384. The predicted molar refractivity (Wildman–Crippen MR) is 107 cm³/mol. The molecule has 1 aromatic heterocycles. The van der Waals surface area contributed by atoms with Gasteiger partial charge in [-0.3, -0.25) is 35.1 Å². The summed E-state index contributed by atoms with van der Waals surface area (Å²) in [7, 11) is 1.56. The number of benzene rings is 2. The van der Waals surface area contributed by atoms with Crippen LogP contribution in [0.2, 0.25) is 0 Å². The van der Waals surface area contributed by atoms with E-state index in [4.69, 9.17) is 4.74 Å². The summed E-state index contributed by atoms with van der Waals surface area (Å²) >= 11 is 1.12. The largest absolute Gasteiger partial charge is 0.497 e. The highest BCUT2D eigenvalue weighted by atomic mass is 32.2. The number of hydrazine groups is 1. The maximum atomic E-state index is 12.1. The van der Waals surface area contributed by atoms with Crippen LogP contribution in [0.1, 0.15) is 10.4 Å². The van der Waals surface area contributed by atoms with Crippen LogP contribution in [-0.4, -0.2) is 44.4 Å². The first kappa shape index (κ1) is 20.8. The molecular formula is C18H16N6O5S. The first-order valence-electron chi connectivity index (χ1n) is 8.49. The molecule has 0 aliphatic carbocycles. The Morgan fingerprint density at radius 2 is 2.00 bits per heavy atom. The van der Waals surface area contributed by atoms with Crippen LogP contribution in [0.15, 0.2) is 60.0 Å². The Morgan fingerprint density at radius 3 is 2.77 bits per heavy atom. The number of hydrogen-bond donors (Lipinski definition) is 2. The molecule has 1 heterocycles. The second-order valence-electron chi connectivity index (χ2n) is 5.78. The van der Waals surface area contributed by atoms with E-state index in [0.717, 1.165) is 23.5 Å². The van der Waals surface area contributed by atoms with Crippen molar-refractivity contribution in [2.45, 2.75) is 5.16 Å². The van der Waals surface area contributed by atoms with E-state index in [9.17, 15) is 19.7 Å². The quantitative estimate of drug-likeness (QED) is 0.329. The summed E-state index contributed by atoms with van der Waals surface area (Å²) in [6, 6.07) is 12.4. The van der Waals surface area contributed by atoms with Gasteiger partial charge in [-0.05, 0) is 18.2 Å². The van der Waals surface area contributed by atoms with Crippen LogP contribution in [0.3, 0.4) is 0 Å². The number of hydrogen-bond acceptors (Lipinski definition) is 8. The van der Waals surface area contributed by atoms with E-state index in [0.29, 0.717) is 10.9 Å². The molecule has 0 bridgehead atoms. The number of carbonyl (C=O) groups excluding carboxylic acids is 2. The van der Waals surface area contributed by atoms with Crippen LogP contribution >= 0.6 is 11.8 Å². The Balaban J connectivity index is 1.56. The molecule has 2 N–H and O–H groups in total. The number of nitrogens with zero attached hydrogens (tertiary/aromatic N) is 4. The van der Waals surface area contributed by atoms with E-state index in [1.807, 2.05) is 12.1 Å². The summed E-state index contributed by atoms with van der Waals surface area (Å²) in [6.07, 6.45) is 1.51. The zero-order valence-electron chi connectivity index (χ0n) is 15.6. The number of rotatable bonds is 7. The second kappa shape index (κ2) is 9.52. The first-order chi connectivity index (χ1) is 14.5. The zero-order chi connectivity index (χ0) is 21.5. The molecule has 2 amide bonds. The molecule has 2 aromatic carbocycles. The number of aromatic nitrogens is 3. The summed E-state index contributed by atoms with van der Waals surface area (Å²) in [5, 5.41) is 19.1. The number of nitrogens with one attached hydrogen (secondary N) is 2. The van der Waals surface area contributed by atoms with Crippen LogP contribution in [0.25, 0.3) is 5.69 Å². The molecule has 0 saturated carbocycles. The number of nitro benzene ring substituents is 1. The topological polar surface area (TPSA) is 141 Å². The average Bonchev–Trinajstić information content (AvgIpc) is 3.24. The Hall–Kier alpha value is -3.93. The maximum absolute atomic E-state index is 12.1. The number of amides is 2. The van der Waals surface area contributed by atoms with E-state index >= 15 is 0 Å². The van der Waals surface area contributed by atoms with Crippen molar-refractivity contribution < 1.29 is 19.2 Å². The van der Waals surface area contributed by atoms with Crippen LogP contribution in [-0.2, 0) is 4.79 Å². The minimum Gasteiger partial charge on any atom is -0.497 e. The van der Waals surface area contributed by atoms with Crippen LogP contribution in [0.5, 0.6) is 5.75 Å². The molecule has 3 aromatic rings. The van der Waals surface area contributed by atoms with Gasteiger partial charge in [0, 0.05) is 23.8 Å². The molecule has 0 unspecified atom stereocenters. The van der Waals surface area contributed by atoms with E-state index in [-0.39, 0.29) is 17.0 Å². The number of non-ortho nitro benzene ring substituents is 1. The molecule has 154 valence electrons. The standard InChI is InChI=1S/C18H16N6O5S/c1-29-15-7-3-5-13(9-15)23-11-19-22-18(23)30-10-16(25)20-21-17(26)12-4-2-6-14(8-12)24(27)28/h2-9,11H,10H2,1H3,(H,20,25)(H,21,26). The third-order valence-corrected chi connectivity index (χ3v) is 4.76. The molecule has 0 spiro atoms. The van der Waals surface area contributed by atoms with Crippen molar-refractivity contribution in [2.75, 3.05) is 12.9 Å². The normalized spacial score (nSPS) is 10.3. The molecule has 0 saturated heterocycles. The summed E-state index contributed by atoms with van der Waals surface area (Å²) in [4.78, 5) is 34.3. The average molecular weight is 428 g/mol. The lowest BCUT2D eigenvalue weighted by atomic mass is 10.2. The van der Waals surface area contributed by atoms with Gasteiger partial charge in [0.2, 0.25) is 5.91 Å². The van der Waals surface area contributed by atoms with Crippen molar-refractivity contribution >= 4 is 29.3 Å². The molecule has 3 rings (SSSR count). The molecule has 0 radical (unpaired) electrons. The highest BCUT2D eigenvalue weighted by Crippen LogP contribution is 2.22. The molecule has 0 aliphatic rings. The minimum atomic E-state index is -0.670. The van der Waals surface area contributed by atoms with Gasteiger partial charge < -0.3 is 4.74 Å². The van der Waals surface area contributed by atoms with E-state index in [1.54, 1.807) is 23.8 Å². The summed E-state index contributed by atoms with van der Waals surface area (Å²) in [5.41, 5.74) is 5.08. The lowest BCUT2D eigenvalue weighted by Gasteiger charge is -2.09. The van der Waals surface area contributed by atoms with Gasteiger partial charge in [-0.2, -0.15) is 0 Å². The molecular weight excluding hydrogens is 412 g/mol. The van der Waals surface area contributed by atoms with Gasteiger partial charge in [0.25, 0.3) is 11.6 Å². The summed E-state index contributed by atoms with van der Waals surface area (Å²) < 4.78 is 6.90. The summed E-state index contributed by atoms with van der Waals surface area (Å²) in [5.74, 6) is -0.535. The fraction of sp³-hybridized carbons (Fsp3) is 0.111. The van der Waals surface area contributed by atoms with Gasteiger partial charge in [0.1, 0.15) is 12.1 Å². The van der Waals surface area contributed by atoms with E-state index in [2.05, 4.69) is 21.0 Å². The molecule has 12 heteroatoms. The number of thioether (sulfide) groups is 1. The summed E-state index contributed by atoms with van der Waals surface area (Å²) in [6.45, 7) is 0. The van der Waals surface area contributed by atoms with Crippen molar-refractivity contribution in [1.82, 2.24) is 25.6 Å². The molecule has 0 fully saturated rings. The first-order valence-corrected chi connectivity index (χ1v) is 9.47. The minimum absolute atomic E-state index is 0.0438. The third kappa shape index (κ3) is 5.11. The Morgan fingerprint density at radius 1 is 1.20 bits per heavy atom. The van der Waals surface area contributed by atoms with Gasteiger partial charge in [-0.1, -0.05) is 23.9 Å². The fourth-order valence-corrected chi connectivity index (χ4v) is 3.11. The number of ether oxygens (including phenoxy) is 1. The second-order valence-corrected chi connectivity index (χ2v) is 6.73. The lowest BCUT2D eigenvalue weighted by Crippen LogP contribution is -2.42. The van der Waals surface area contributed by atoms with Gasteiger partial charge >= 0.3 is 0 Å². The van der Waals surface area contributed by atoms with Gasteiger partial charge in [-0.25, -0.2) is 0 Å². The van der Waals surface area contributed by atoms with Crippen molar-refractivity contribution in [3.05, 3.63) is 70.5 Å². The van der Waals surface area contributed by atoms with Gasteiger partial charge in [0.15, 0.2) is 5.16 Å². The molecule has 11 nitrogen and oxygen atoms in total. The fourth-order valence-electron chi connectivity index (χ4n) is 2.39. The van der Waals surface area contributed by atoms with Gasteiger partial charge in [0.05, 0.1) is 23.5 Å². The SMILES string of the molecule is COc1cccc(-n2cnnc2SCC(=O)NNC(=O)c2cccc([N+](=O)[O-])c2)c1. The zero-order valence-corrected chi connectivity index (χ0v) is 16.5. The third-order valence-electron chi connectivity index (χ3n) is 3.81. The highest BCUT2D eigenvalue weighted by molar-refractivity contribution is 7.99. The highest BCUT2D eigenvalue weighted by Gasteiger charge is 2.14. The number of nitro groups is 1. The van der Waals surface area contributed by atoms with Crippen LogP contribution in [0.4, 0.5) is 5.69 Å². The van der Waals surface area contributed by atoms with Crippen molar-refractivity contribution in [3.8, 4) is 11.4 Å². The predicted octanol–water partition coefficient (Wildman–Crippen LogP) is 1.74. The van der Waals surface area contributed by atoms with E-state index in [1.165, 1.54) is 24.5 Å². The van der Waals surface area contributed by atoms with Crippen molar-refractivity contribution in [2.24, 2.45) is 0 Å². The Kier molecular flexibility index (Phi) is 6.60.